The van der Waals surface area contributed by atoms with E-state index in [2.05, 4.69) is 5.32 Å². The fourth-order valence-corrected chi connectivity index (χ4v) is 3.32. The van der Waals surface area contributed by atoms with E-state index in [1.165, 1.54) is 18.2 Å². The van der Waals surface area contributed by atoms with Crippen molar-refractivity contribution in [3.8, 4) is 11.5 Å². The Kier molecular flexibility index (Phi) is 6.69. The molecule has 1 aliphatic heterocycles. The third-order valence-electron chi connectivity index (χ3n) is 4.75. The highest BCUT2D eigenvalue weighted by Gasteiger charge is 2.23. The number of nitrogens with zero attached hydrogens (tertiary/aromatic N) is 1. The summed E-state index contributed by atoms with van der Waals surface area (Å²) in [5.41, 5.74) is 2.04. The van der Waals surface area contributed by atoms with Gasteiger partial charge in [0.15, 0.2) is 11.5 Å². The predicted octanol–water partition coefficient (Wildman–Crippen LogP) is 2.94. The number of fused-ring (bicyclic) bond motifs is 1. The minimum Gasteiger partial charge on any atom is -0.490 e. The van der Waals surface area contributed by atoms with Gasteiger partial charge in [0.05, 0.1) is 25.3 Å². The van der Waals surface area contributed by atoms with Crippen LogP contribution in [0.2, 0.25) is 0 Å². The second-order valence-corrected chi connectivity index (χ2v) is 6.66. The number of rotatable bonds is 7. The van der Waals surface area contributed by atoms with Gasteiger partial charge in [-0.05, 0) is 55.7 Å². The lowest BCUT2D eigenvalue weighted by molar-refractivity contribution is -0.131. The monoisotopic (exact) mass is 400 g/mol. The summed E-state index contributed by atoms with van der Waals surface area (Å²) in [5, 5.41) is 2.50. The Labute approximate surface area is 169 Å². The Morgan fingerprint density at radius 2 is 1.72 bits per heavy atom. The van der Waals surface area contributed by atoms with Crippen molar-refractivity contribution in [2.24, 2.45) is 0 Å². The average molecular weight is 400 g/mol. The molecule has 7 heteroatoms. The molecule has 2 amide bonds. The Balaban J connectivity index is 1.65. The van der Waals surface area contributed by atoms with E-state index in [1.54, 1.807) is 11.0 Å². The van der Waals surface area contributed by atoms with Crippen LogP contribution in [0.5, 0.6) is 11.5 Å². The summed E-state index contributed by atoms with van der Waals surface area (Å²) in [5.74, 6) is -0.0563. The van der Waals surface area contributed by atoms with Crippen molar-refractivity contribution < 1.29 is 23.5 Å². The third-order valence-corrected chi connectivity index (χ3v) is 4.75. The second kappa shape index (κ2) is 9.41. The molecular weight excluding hydrogens is 375 g/mol. The third kappa shape index (κ3) is 4.85. The summed E-state index contributed by atoms with van der Waals surface area (Å²) in [4.78, 5) is 26.4. The van der Waals surface area contributed by atoms with Crippen LogP contribution >= 0.6 is 0 Å². The molecule has 2 aromatic rings. The number of benzene rings is 2. The van der Waals surface area contributed by atoms with Gasteiger partial charge < -0.3 is 19.7 Å². The first-order chi connectivity index (χ1) is 14.0. The Morgan fingerprint density at radius 3 is 2.38 bits per heavy atom. The van der Waals surface area contributed by atoms with E-state index in [0.717, 1.165) is 11.1 Å². The zero-order chi connectivity index (χ0) is 20.8. The SMILES string of the molecule is CCOc1cc2c(cc1OCC)CN(C(=O)CNC(=O)c1ccccc1F)CC2. The average Bonchev–Trinajstić information content (AvgIpc) is 2.72. The molecule has 1 heterocycles. The number of nitrogens with one attached hydrogen (secondary N) is 1. The number of hydrogen-bond donors (Lipinski definition) is 1. The van der Waals surface area contributed by atoms with E-state index in [1.807, 2.05) is 26.0 Å². The molecule has 0 bridgehead atoms. The van der Waals surface area contributed by atoms with Crippen molar-refractivity contribution in [3.63, 3.8) is 0 Å². The normalized spacial score (nSPS) is 12.9. The molecule has 0 aliphatic carbocycles. The van der Waals surface area contributed by atoms with Crippen molar-refractivity contribution in [1.82, 2.24) is 10.2 Å². The van der Waals surface area contributed by atoms with Crippen LogP contribution in [-0.2, 0) is 17.8 Å². The van der Waals surface area contributed by atoms with Crippen molar-refractivity contribution in [3.05, 3.63) is 58.9 Å². The number of carbonyl (C=O) groups is 2. The molecule has 0 fully saturated rings. The van der Waals surface area contributed by atoms with Gasteiger partial charge in [-0.3, -0.25) is 9.59 Å². The highest BCUT2D eigenvalue weighted by molar-refractivity contribution is 5.96. The van der Waals surface area contributed by atoms with Crippen molar-refractivity contribution >= 4 is 11.8 Å². The minimum absolute atomic E-state index is 0.0749. The van der Waals surface area contributed by atoms with E-state index in [4.69, 9.17) is 9.47 Å². The fourth-order valence-electron chi connectivity index (χ4n) is 3.32. The van der Waals surface area contributed by atoms with Gasteiger partial charge in [0.1, 0.15) is 5.82 Å². The molecule has 29 heavy (non-hydrogen) atoms. The molecule has 0 saturated heterocycles. The smallest absolute Gasteiger partial charge is 0.254 e. The summed E-state index contributed by atoms with van der Waals surface area (Å²) < 4.78 is 25.0. The molecule has 154 valence electrons. The molecule has 0 saturated carbocycles. The van der Waals surface area contributed by atoms with Gasteiger partial charge in [-0.15, -0.1) is 0 Å². The Bertz CT molecular complexity index is 900. The van der Waals surface area contributed by atoms with E-state index in [-0.39, 0.29) is 18.0 Å². The standard InChI is InChI=1S/C22H25FN2O4/c1-3-28-19-11-15-9-10-25(14-16(15)12-20(19)29-4-2)21(26)13-24-22(27)17-7-5-6-8-18(17)23/h5-8,11-12H,3-4,9-10,13-14H2,1-2H3,(H,24,27). The zero-order valence-corrected chi connectivity index (χ0v) is 16.7. The number of amides is 2. The molecule has 0 radical (unpaired) electrons. The lowest BCUT2D eigenvalue weighted by atomic mass is 9.98. The maximum atomic E-state index is 13.7. The molecular formula is C22H25FN2O4. The summed E-state index contributed by atoms with van der Waals surface area (Å²) in [7, 11) is 0. The van der Waals surface area contributed by atoms with Gasteiger partial charge in [-0.25, -0.2) is 4.39 Å². The van der Waals surface area contributed by atoms with Crippen LogP contribution in [0.1, 0.15) is 35.3 Å². The second-order valence-electron chi connectivity index (χ2n) is 6.66. The van der Waals surface area contributed by atoms with Gasteiger partial charge in [-0.2, -0.15) is 0 Å². The highest BCUT2D eigenvalue weighted by Crippen LogP contribution is 2.33. The van der Waals surface area contributed by atoms with Gasteiger partial charge in [-0.1, -0.05) is 12.1 Å². The first kappa shape index (κ1) is 20.6. The molecule has 1 aliphatic rings. The van der Waals surface area contributed by atoms with Crippen LogP contribution in [0.15, 0.2) is 36.4 Å². The first-order valence-electron chi connectivity index (χ1n) is 9.75. The fraction of sp³-hybridized carbons (Fsp3) is 0.364. The molecule has 0 unspecified atom stereocenters. The van der Waals surface area contributed by atoms with Gasteiger partial charge >= 0.3 is 0 Å². The van der Waals surface area contributed by atoms with Crippen LogP contribution in [0.4, 0.5) is 4.39 Å². The van der Waals surface area contributed by atoms with Crippen molar-refractivity contribution in [2.75, 3.05) is 26.3 Å². The largest absolute Gasteiger partial charge is 0.490 e. The Hall–Kier alpha value is -3.09. The van der Waals surface area contributed by atoms with Gasteiger partial charge in [0.25, 0.3) is 5.91 Å². The molecule has 3 rings (SSSR count). The van der Waals surface area contributed by atoms with Crippen molar-refractivity contribution in [2.45, 2.75) is 26.8 Å². The summed E-state index contributed by atoms with van der Waals surface area (Å²) in [6.07, 6.45) is 0.689. The number of carbonyl (C=O) groups excluding carboxylic acids is 2. The first-order valence-corrected chi connectivity index (χ1v) is 9.75. The van der Waals surface area contributed by atoms with Crippen LogP contribution in [0, 0.1) is 5.82 Å². The summed E-state index contributed by atoms with van der Waals surface area (Å²) >= 11 is 0. The maximum absolute atomic E-state index is 13.7. The van der Waals surface area contributed by atoms with Crippen molar-refractivity contribution in [1.29, 1.82) is 0 Å². The summed E-state index contributed by atoms with van der Waals surface area (Å²) in [6, 6.07) is 9.58. The molecule has 6 nitrogen and oxygen atoms in total. The van der Waals surface area contributed by atoms with E-state index in [0.29, 0.717) is 44.2 Å². The lowest BCUT2D eigenvalue weighted by Crippen LogP contribution is -2.42. The van der Waals surface area contributed by atoms with E-state index in [9.17, 15) is 14.0 Å². The van der Waals surface area contributed by atoms with E-state index >= 15 is 0 Å². The number of ether oxygens (including phenoxy) is 2. The number of halogens is 1. The molecule has 1 N–H and O–H groups in total. The van der Waals surface area contributed by atoms with Crippen LogP contribution in [0.25, 0.3) is 0 Å². The topological polar surface area (TPSA) is 67.9 Å². The van der Waals surface area contributed by atoms with Gasteiger partial charge in [0.2, 0.25) is 5.91 Å². The molecule has 0 atom stereocenters. The molecule has 2 aromatic carbocycles. The van der Waals surface area contributed by atoms with Crippen LogP contribution in [-0.4, -0.2) is 43.0 Å². The minimum atomic E-state index is -0.613. The Morgan fingerprint density at radius 1 is 1.07 bits per heavy atom. The highest BCUT2D eigenvalue weighted by atomic mass is 19.1. The number of hydrogen-bond acceptors (Lipinski definition) is 4. The van der Waals surface area contributed by atoms with E-state index < -0.39 is 11.7 Å². The maximum Gasteiger partial charge on any atom is 0.254 e. The van der Waals surface area contributed by atoms with Crippen LogP contribution < -0.4 is 14.8 Å². The zero-order valence-electron chi connectivity index (χ0n) is 16.7. The predicted molar refractivity (Wildman–Crippen MR) is 107 cm³/mol. The summed E-state index contributed by atoms with van der Waals surface area (Å²) in [6.45, 7) is 5.68. The lowest BCUT2D eigenvalue weighted by Gasteiger charge is -2.30. The van der Waals surface area contributed by atoms with Gasteiger partial charge in [0, 0.05) is 13.1 Å². The quantitative estimate of drug-likeness (QED) is 0.776. The molecule has 0 spiro atoms. The van der Waals surface area contributed by atoms with Crippen LogP contribution in [0.3, 0.4) is 0 Å². The molecule has 0 aromatic heterocycles.